The SMILES string of the molecule is Cc1ccc(CC(=O)c2ccncc2)cc1. The molecule has 1 aromatic heterocycles. The minimum absolute atomic E-state index is 0.131. The van der Waals surface area contributed by atoms with E-state index in [1.165, 1.54) is 5.56 Å². The topological polar surface area (TPSA) is 30.0 Å². The molecule has 80 valence electrons. The van der Waals surface area contributed by atoms with Gasteiger partial charge in [-0.05, 0) is 24.6 Å². The molecule has 2 nitrogen and oxygen atoms in total. The van der Waals surface area contributed by atoms with Crippen molar-refractivity contribution in [3.63, 3.8) is 0 Å². The number of carbonyl (C=O) groups is 1. The van der Waals surface area contributed by atoms with Crippen LogP contribution in [0.4, 0.5) is 0 Å². The molecule has 0 aliphatic carbocycles. The summed E-state index contributed by atoms with van der Waals surface area (Å²) in [5.41, 5.74) is 2.98. The molecule has 1 heterocycles. The molecule has 0 saturated heterocycles. The van der Waals surface area contributed by atoms with E-state index in [9.17, 15) is 4.79 Å². The zero-order chi connectivity index (χ0) is 11.4. The van der Waals surface area contributed by atoms with Gasteiger partial charge < -0.3 is 0 Å². The van der Waals surface area contributed by atoms with E-state index in [1.54, 1.807) is 24.5 Å². The highest BCUT2D eigenvalue weighted by Gasteiger charge is 2.05. The van der Waals surface area contributed by atoms with Crippen LogP contribution < -0.4 is 0 Å². The molecular weight excluding hydrogens is 198 g/mol. The Morgan fingerprint density at radius 2 is 1.69 bits per heavy atom. The molecule has 0 radical (unpaired) electrons. The van der Waals surface area contributed by atoms with Gasteiger partial charge in [-0.1, -0.05) is 29.8 Å². The molecule has 0 amide bonds. The van der Waals surface area contributed by atoms with Crippen molar-refractivity contribution in [2.45, 2.75) is 13.3 Å². The van der Waals surface area contributed by atoms with Gasteiger partial charge in [-0.25, -0.2) is 0 Å². The molecule has 2 rings (SSSR count). The highest BCUT2D eigenvalue weighted by atomic mass is 16.1. The lowest BCUT2D eigenvalue weighted by Gasteiger charge is -2.01. The molecule has 0 aliphatic rings. The highest BCUT2D eigenvalue weighted by Crippen LogP contribution is 2.08. The number of carbonyl (C=O) groups excluding carboxylic acids is 1. The lowest BCUT2D eigenvalue weighted by Crippen LogP contribution is -2.03. The van der Waals surface area contributed by atoms with Gasteiger partial charge in [0.2, 0.25) is 0 Å². The summed E-state index contributed by atoms with van der Waals surface area (Å²) in [7, 11) is 0. The molecule has 0 fully saturated rings. The standard InChI is InChI=1S/C14H13NO/c1-11-2-4-12(5-3-11)10-14(16)13-6-8-15-9-7-13/h2-9H,10H2,1H3. The van der Waals surface area contributed by atoms with E-state index in [0.29, 0.717) is 6.42 Å². The predicted molar refractivity (Wildman–Crippen MR) is 63.5 cm³/mol. The van der Waals surface area contributed by atoms with Crippen LogP contribution in [0.2, 0.25) is 0 Å². The van der Waals surface area contributed by atoms with Crippen molar-refractivity contribution >= 4 is 5.78 Å². The van der Waals surface area contributed by atoms with Crippen molar-refractivity contribution in [1.29, 1.82) is 0 Å². The van der Waals surface area contributed by atoms with Crippen LogP contribution in [-0.4, -0.2) is 10.8 Å². The predicted octanol–water partition coefficient (Wildman–Crippen LogP) is 2.82. The smallest absolute Gasteiger partial charge is 0.167 e. The monoisotopic (exact) mass is 211 g/mol. The summed E-state index contributed by atoms with van der Waals surface area (Å²) in [6.45, 7) is 2.04. The number of hydrogen-bond acceptors (Lipinski definition) is 2. The largest absolute Gasteiger partial charge is 0.294 e. The van der Waals surface area contributed by atoms with Gasteiger partial charge in [0.15, 0.2) is 5.78 Å². The Morgan fingerprint density at radius 3 is 2.31 bits per heavy atom. The quantitative estimate of drug-likeness (QED) is 0.731. The third-order valence-corrected chi connectivity index (χ3v) is 2.49. The van der Waals surface area contributed by atoms with E-state index in [1.807, 2.05) is 31.2 Å². The minimum atomic E-state index is 0.131. The average Bonchev–Trinajstić information content (AvgIpc) is 2.33. The van der Waals surface area contributed by atoms with Gasteiger partial charge >= 0.3 is 0 Å². The second kappa shape index (κ2) is 4.71. The summed E-state index contributed by atoms with van der Waals surface area (Å²) in [6, 6.07) is 11.5. The third kappa shape index (κ3) is 2.54. The Bertz CT molecular complexity index is 474. The zero-order valence-corrected chi connectivity index (χ0v) is 9.18. The second-order valence-electron chi connectivity index (χ2n) is 3.82. The number of pyridine rings is 1. The Labute approximate surface area is 95.0 Å². The van der Waals surface area contributed by atoms with Crippen molar-refractivity contribution in [3.8, 4) is 0 Å². The number of ketones is 1. The fourth-order valence-electron chi connectivity index (χ4n) is 1.53. The number of nitrogens with zero attached hydrogens (tertiary/aromatic N) is 1. The van der Waals surface area contributed by atoms with Crippen molar-refractivity contribution in [2.24, 2.45) is 0 Å². The van der Waals surface area contributed by atoms with Crippen molar-refractivity contribution in [2.75, 3.05) is 0 Å². The van der Waals surface area contributed by atoms with Gasteiger partial charge in [0.25, 0.3) is 0 Å². The molecule has 0 N–H and O–H groups in total. The summed E-state index contributed by atoms with van der Waals surface area (Å²) in [5, 5.41) is 0. The lowest BCUT2D eigenvalue weighted by atomic mass is 10.0. The molecule has 16 heavy (non-hydrogen) atoms. The van der Waals surface area contributed by atoms with Gasteiger partial charge in [0.05, 0.1) is 0 Å². The number of hydrogen-bond donors (Lipinski definition) is 0. The van der Waals surface area contributed by atoms with E-state index in [-0.39, 0.29) is 5.78 Å². The minimum Gasteiger partial charge on any atom is -0.294 e. The van der Waals surface area contributed by atoms with Crippen LogP contribution in [0.1, 0.15) is 21.5 Å². The van der Waals surface area contributed by atoms with E-state index < -0.39 is 0 Å². The molecule has 0 spiro atoms. The van der Waals surface area contributed by atoms with E-state index in [0.717, 1.165) is 11.1 Å². The Morgan fingerprint density at radius 1 is 1.06 bits per heavy atom. The first-order valence-corrected chi connectivity index (χ1v) is 5.24. The molecule has 0 atom stereocenters. The molecule has 1 aromatic carbocycles. The first-order valence-electron chi connectivity index (χ1n) is 5.24. The van der Waals surface area contributed by atoms with E-state index >= 15 is 0 Å². The number of benzene rings is 1. The van der Waals surface area contributed by atoms with Crippen LogP contribution in [0.25, 0.3) is 0 Å². The molecule has 0 saturated carbocycles. The summed E-state index contributed by atoms with van der Waals surface area (Å²) >= 11 is 0. The van der Waals surface area contributed by atoms with Crippen molar-refractivity contribution < 1.29 is 4.79 Å². The maximum absolute atomic E-state index is 11.9. The van der Waals surface area contributed by atoms with E-state index in [4.69, 9.17) is 0 Å². The fraction of sp³-hybridized carbons (Fsp3) is 0.143. The molecule has 0 unspecified atom stereocenters. The normalized spacial score (nSPS) is 10.1. The van der Waals surface area contributed by atoms with Crippen LogP contribution in [0.15, 0.2) is 48.8 Å². The average molecular weight is 211 g/mol. The molecule has 0 aliphatic heterocycles. The van der Waals surface area contributed by atoms with Gasteiger partial charge in [-0.15, -0.1) is 0 Å². The van der Waals surface area contributed by atoms with Gasteiger partial charge in [-0.3, -0.25) is 9.78 Å². The molecule has 2 heteroatoms. The summed E-state index contributed by atoms with van der Waals surface area (Å²) in [4.78, 5) is 15.8. The van der Waals surface area contributed by atoms with Crippen LogP contribution in [0.3, 0.4) is 0 Å². The third-order valence-electron chi connectivity index (χ3n) is 2.49. The molecule has 2 aromatic rings. The summed E-state index contributed by atoms with van der Waals surface area (Å²) < 4.78 is 0. The Kier molecular flexibility index (Phi) is 3.10. The molecular formula is C14H13NO. The van der Waals surface area contributed by atoms with Gasteiger partial charge in [0.1, 0.15) is 0 Å². The van der Waals surface area contributed by atoms with Crippen LogP contribution in [-0.2, 0) is 6.42 Å². The maximum atomic E-state index is 11.9. The fourth-order valence-corrected chi connectivity index (χ4v) is 1.53. The van der Waals surface area contributed by atoms with Crippen molar-refractivity contribution in [3.05, 3.63) is 65.5 Å². The summed E-state index contributed by atoms with van der Waals surface area (Å²) in [5.74, 6) is 0.131. The number of aromatic nitrogens is 1. The van der Waals surface area contributed by atoms with E-state index in [2.05, 4.69) is 4.98 Å². The Balaban J connectivity index is 2.11. The van der Waals surface area contributed by atoms with Crippen LogP contribution in [0, 0.1) is 6.92 Å². The Hall–Kier alpha value is -1.96. The van der Waals surface area contributed by atoms with Crippen LogP contribution >= 0.6 is 0 Å². The lowest BCUT2D eigenvalue weighted by molar-refractivity contribution is 0.0993. The van der Waals surface area contributed by atoms with Gasteiger partial charge in [0, 0.05) is 24.4 Å². The van der Waals surface area contributed by atoms with Crippen molar-refractivity contribution in [1.82, 2.24) is 4.98 Å². The number of aryl methyl sites for hydroxylation is 1. The maximum Gasteiger partial charge on any atom is 0.167 e. The zero-order valence-electron chi connectivity index (χ0n) is 9.18. The highest BCUT2D eigenvalue weighted by molar-refractivity contribution is 5.97. The number of Topliss-reactive ketones (excluding diaryl/α,β-unsaturated/α-hetero) is 1. The van der Waals surface area contributed by atoms with Gasteiger partial charge in [-0.2, -0.15) is 0 Å². The first-order chi connectivity index (χ1) is 7.75. The molecule has 0 bridgehead atoms. The summed E-state index contributed by atoms with van der Waals surface area (Å²) in [6.07, 6.45) is 3.73. The first kappa shape index (κ1) is 10.6. The second-order valence-corrected chi connectivity index (χ2v) is 3.82. The number of rotatable bonds is 3. The van der Waals surface area contributed by atoms with Crippen LogP contribution in [0.5, 0.6) is 0 Å².